The summed E-state index contributed by atoms with van der Waals surface area (Å²) in [6.07, 6.45) is 3.30. The SMILES string of the molecule is c1ccc2[nH]c(CCNCc3cc4cc5c(cc4nc3N3CCCC3)OCO5)nc2c1. The first-order valence-electron chi connectivity index (χ1n) is 11.0. The lowest BCUT2D eigenvalue weighted by atomic mass is 10.1. The van der Waals surface area contributed by atoms with Crippen molar-refractivity contribution in [3.8, 4) is 11.5 Å². The molecule has 0 saturated carbocycles. The molecule has 0 amide bonds. The number of hydrogen-bond donors (Lipinski definition) is 2. The molecule has 1 fully saturated rings. The van der Waals surface area contributed by atoms with E-state index in [1.807, 2.05) is 30.3 Å². The Morgan fingerprint density at radius 2 is 1.81 bits per heavy atom. The van der Waals surface area contributed by atoms with Gasteiger partial charge in [-0.05, 0) is 37.1 Å². The molecular formula is C24H25N5O2. The molecule has 0 radical (unpaired) electrons. The van der Waals surface area contributed by atoms with Crippen LogP contribution in [0.1, 0.15) is 24.2 Å². The molecule has 2 aliphatic heterocycles. The maximum atomic E-state index is 5.56. The largest absolute Gasteiger partial charge is 0.454 e. The molecule has 0 aliphatic carbocycles. The van der Waals surface area contributed by atoms with E-state index in [1.165, 1.54) is 18.4 Å². The molecule has 2 aromatic heterocycles. The predicted molar refractivity (Wildman–Crippen MR) is 121 cm³/mol. The van der Waals surface area contributed by atoms with Gasteiger partial charge in [0.2, 0.25) is 6.79 Å². The van der Waals surface area contributed by atoms with Crippen LogP contribution in [0.25, 0.3) is 21.9 Å². The van der Waals surface area contributed by atoms with Crippen LogP contribution in [0.15, 0.2) is 42.5 Å². The van der Waals surface area contributed by atoms with Crippen LogP contribution in [-0.4, -0.2) is 41.4 Å². The van der Waals surface area contributed by atoms with Gasteiger partial charge in [-0.1, -0.05) is 12.1 Å². The Labute approximate surface area is 180 Å². The molecule has 2 N–H and O–H groups in total. The second kappa shape index (κ2) is 7.74. The third kappa shape index (κ3) is 3.55. The van der Waals surface area contributed by atoms with Crippen molar-refractivity contribution in [2.45, 2.75) is 25.8 Å². The Hall–Kier alpha value is -3.32. The van der Waals surface area contributed by atoms with Gasteiger partial charge in [-0.15, -0.1) is 0 Å². The number of anilines is 1. The van der Waals surface area contributed by atoms with E-state index in [1.54, 1.807) is 0 Å². The number of aromatic amines is 1. The van der Waals surface area contributed by atoms with Crippen molar-refractivity contribution in [2.24, 2.45) is 0 Å². The zero-order valence-corrected chi connectivity index (χ0v) is 17.4. The average Bonchev–Trinajstić information content (AvgIpc) is 3.54. The summed E-state index contributed by atoms with van der Waals surface area (Å²) in [4.78, 5) is 15.5. The van der Waals surface area contributed by atoms with Crippen LogP contribution >= 0.6 is 0 Å². The summed E-state index contributed by atoms with van der Waals surface area (Å²) in [5.41, 5.74) is 4.28. The molecule has 0 bridgehead atoms. The molecule has 7 nitrogen and oxygen atoms in total. The highest BCUT2D eigenvalue weighted by Crippen LogP contribution is 2.37. The van der Waals surface area contributed by atoms with Gasteiger partial charge in [0.1, 0.15) is 11.6 Å². The van der Waals surface area contributed by atoms with Crippen molar-refractivity contribution in [3.63, 3.8) is 0 Å². The number of H-pyrrole nitrogens is 1. The topological polar surface area (TPSA) is 75.3 Å². The average molecular weight is 415 g/mol. The molecule has 31 heavy (non-hydrogen) atoms. The summed E-state index contributed by atoms with van der Waals surface area (Å²) in [5.74, 6) is 3.68. The van der Waals surface area contributed by atoms with Crippen LogP contribution in [0.2, 0.25) is 0 Å². The summed E-state index contributed by atoms with van der Waals surface area (Å²) in [7, 11) is 0. The number of nitrogens with zero attached hydrogens (tertiary/aromatic N) is 3. The highest BCUT2D eigenvalue weighted by Gasteiger charge is 2.20. The monoisotopic (exact) mass is 415 g/mol. The number of rotatable bonds is 6. The van der Waals surface area contributed by atoms with Gasteiger partial charge in [-0.25, -0.2) is 9.97 Å². The molecule has 4 heterocycles. The maximum absolute atomic E-state index is 5.56. The number of aromatic nitrogens is 3. The van der Waals surface area contributed by atoms with Gasteiger partial charge in [0.25, 0.3) is 0 Å². The van der Waals surface area contributed by atoms with Crippen LogP contribution in [-0.2, 0) is 13.0 Å². The van der Waals surface area contributed by atoms with Crippen molar-refractivity contribution >= 4 is 27.8 Å². The van der Waals surface area contributed by atoms with E-state index in [0.717, 1.165) is 77.7 Å². The van der Waals surface area contributed by atoms with E-state index in [-0.39, 0.29) is 6.79 Å². The van der Waals surface area contributed by atoms with Gasteiger partial charge >= 0.3 is 0 Å². The maximum Gasteiger partial charge on any atom is 0.231 e. The lowest BCUT2D eigenvalue weighted by Crippen LogP contribution is -2.24. The Morgan fingerprint density at radius 1 is 0.968 bits per heavy atom. The Kier molecular flexibility index (Phi) is 4.61. The minimum absolute atomic E-state index is 0.279. The summed E-state index contributed by atoms with van der Waals surface area (Å²) >= 11 is 0. The normalized spacial score (nSPS) is 15.4. The molecular weight excluding hydrogens is 390 g/mol. The summed E-state index contributed by atoms with van der Waals surface area (Å²) < 4.78 is 11.1. The fourth-order valence-corrected chi connectivity index (χ4v) is 4.48. The molecule has 2 aromatic carbocycles. The number of fused-ring (bicyclic) bond motifs is 3. The number of ether oxygens (including phenoxy) is 2. The van der Waals surface area contributed by atoms with Crippen LogP contribution in [0.5, 0.6) is 11.5 Å². The van der Waals surface area contributed by atoms with Crippen molar-refractivity contribution in [2.75, 3.05) is 31.3 Å². The Morgan fingerprint density at radius 3 is 2.68 bits per heavy atom. The first kappa shape index (κ1) is 18.4. The molecule has 1 saturated heterocycles. The van der Waals surface area contributed by atoms with E-state index in [9.17, 15) is 0 Å². The summed E-state index contributed by atoms with van der Waals surface area (Å²) in [6.45, 7) is 4.02. The van der Waals surface area contributed by atoms with Gasteiger partial charge in [0.05, 0.1) is 16.6 Å². The van der Waals surface area contributed by atoms with E-state index in [4.69, 9.17) is 14.5 Å². The van der Waals surface area contributed by atoms with Gasteiger partial charge < -0.3 is 24.7 Å². The standard InChI is InChI=1S/C24H25N5O2/c1-2-6-19-18(5-1)26-23(27-19)7-8-25-14-17-11-16-12-21-22(31-15-30-21)13-20(16)28-24(17)29-9-3-4-10-29/h1-2,5-6,11-13,25H,3-4,7-10,14-15H2,(H,26,27). The fourth-order valence-electron chi connectivity index (χ4n) is 4.48. The van der Waals surface area contributed by atoms with Crippen molar-refractivity contribution in [3.05, 3.63) is 53.9 Å². The third-order valence-corrected chi connectivity index (χ3v) is 6.06. The zero-order valence-electron chi connectivity index (χ0n) is 17.4. The van der Waals surface area contributed by atoms with Gasteiger partial charge in [-0.2, -0.15) is 0 Å². The van der Waals surface area contributed by atoms with Crippen LogP contribution in [0.3, 0.4) is 0 Å². The Bertz CT molecular complexity index is 1210. The second-order valence-corrected chi connectivity index (χ2v) is 8.19. The van der Waals surface area contributed by atoms with Crippen LogP contribution < -0.4 is 19.7 Å². The highest BCUT2D eigenvalue weighted by molar-refractivity contribution is 5.85. The van der Waals surface area contributed by atoms with E-state index in [0.29, 0.717) is 0 Å². The molecule has 0 atom stereocenters. The number of hydrogen-bond acceptors (Lipinski definition) is 6. The van der Waals surface area contributed by atoms with Gasteiger partial charge in [-0.3, -0.25) is 0 Å². The third-order valence-electron chi connectivity index (χ3n) is 6.06. The van der Waals surface area contributed by atoms with Gasteiger partial charge in [0, 0.05) is 49.6 Å². The lowest BCUT2D eigenvalue weighted by molar-refractivity contribution is 0.174. The van der Waals surface area contributed by atoms with Crippen LogP contribution in [0.4, 0.5) is 5.82 Å². The van der Waals surface area contributed by atoms with Crippen molar-refractivity contribution in [1.29, 1.82) is 0 Å². The van der Waals surface area contributed by atoms with E-state index < -0.39 is 0 Å². The lowest BCUT2D eigenvalue weighted by Gasteiger charge is -2.21. The molecule has 6 rings (SSSR count). The van der Waals surface area contributed by atoms with Crippen molar-refractivity contribution < 1.29 is 9.47 Å². The zero-order chi connectivity index (χ0) is 20.6. The molecule has 0 spiro atoms. The molecule has 7 heteroatoms. The summed E-state index contributed by atoms with van der Waals surface area (Å²) in [6, 6.07) is 14.4. The van der Waals surface area contributed by atoms with Crippen LogP contribution in [0, 0.1) is 0 Å². The number of pyridine rings is 1. The number of nitrogens with one attached hydrogen (secondary N) is 2. The Balaban J connectivity index is 1.22. The number of para-hydroxylation sites is 2. The van der Waals surface area contributed by atoms with Crippen molar-refractivity contribution in [1.82, 2.24) is 20.3 Å². The molecule has 0 unspecified atom stereocenters. The van der Waals surface area contributed by atoms with E-state index >= 15 is 0 Å². The predicted octanol–water partition coefficient (Wildman–Crippen LogP) is 3.77. The fraction of sp³-hybridized carbons (Fsp3) is 0.333. The molecule has 4 aromatic rings. The minimum atomic E-state index is 0.279. The molecule has 2 aliphatic rings. The first-order chi connectivity index (χ1) is 15.3. The smallest absolute Gasteiger partial charge is 0.231 e. The second-order valence-electron chi connectivity index (χ2n) is 8.19. The number of imidazole rings is 1. The summed E-state index contributed by atoms with van der Waals surface area (Å²) in [5, 5.41) is 4.68. The number of benzene rings is 2. The van der Waals surface area contributed by atoms with E-state index in [2.05, 4.69) is 32.3 Å². The minimum Gasteiger partial charge on any atom is -0.454 e. The highest BCUT2D eigenvalue weighted by atomic mass is 16.7. The molecule has 158 valence electrons. The van der Waals surface area contributed by atoms with Gasteiger partial charge in [0.15, 0.2) is 11.5 Å². The quantitative estimate of drug-likeness (QED) is 0.467. The first-order valence-corrected chi connectivity index (χ1v) is 11.0.